The summed E-state index contributed by atoms with van der Waals surface area (Å²) in [5.74, 6) is 0.648. The molecule has 0 fully saturated rings. The lowest BCUT2D eigenvalue weighted by molar-refractivity contribution is 0.340. The number of hydrogen-bond acceptors (Lipinski definition) is 3. The number of nitrogens with one attached hydrogen (secondary N) is 1. The first kappa shape index (κ1) is 19.1. The van der Waals surface area contributed by atoms with E-state index >= 15 is 0 Å². The molecule has 0 aliphatic rings. The molecule has 3 rings (SSSR count). The molecule has 0 saturated heterocycles. The summed E-state index contributed by atoms with van der Waals surface area (Å²) in [4.78, 5) is 0.209. The Hall–Kier alpha value is -2.63. The first-order valence-electron chi connectivity index (χ1n) is 8.87. The van der Waals surface area contributed by atoms with Gasteiger partial charge in [0, 0.05) is 0 Å². The van der Waals surface area contributed by atoms with E-state index in [2.05, 4.69) is 4.72 Å². The zero-order valence-electron chi connectivity index (χ0n) is 15.4. The van der Waals surface area contributed by atoms with Crippen molar-refractivity contribution in [2.75, 3.05) is 6.61 Å². The highest BCUT2D eigenvalue weighted by molar-refractivity contribution is 7.89. The first-order valence-corrected chi connectivity index (χ1v) is 10.4. The van der Waals surface area contributed by atoms with E-state index < -0.39 is 16.1 Å². The largest absolute Gasteiger partial charge is 0.494 e. The van der Waals surface area contributed by atoms with Gasteiger partial charge in [-0.1, -0.05) is 54.6 Å². The summed E-state index contributed by atoms with van der Waals surface area (Å²) in [7, 11) is -3.71. The summed E-state index contributed by atoms with van der Waals surface area (Å²) >= 11 is 0. The molecule has 0 unspecified atom stereocenters. The van der Waals surface area contributed by atoms with Crippen molar-refractivity contribution in [2.24, 2.45) is 0 Å². The van der Waals surface area contributed by atoms with Crippen LogP contribution in [0.5, 0.6) is 5.75 Å². The van der Waals surface area contributed by atoms with E-state index in [4.69, 9.17) is 4.74 Å². The van der Waals surface area contributed by atoms with Crippen molar-refractivity contribution in [3.63, 3.8) is 0 Å². The summed E-state index contributed by atoms with van der Waals surface area (Å²) in [6.45, 7) is 4.41. The number of benzene rings is 3. The average Bonchev–Trinajstić information content (AvgIpc) is 2.68. The van der Waals surface area contributed by atoms with Crippen LogP contribution in [-0.4, -0.2) is 15.0 Å². The summed E-state index contributed by atoms with van der Waals surface area (Å²) in [5, 5.41) is 0. The lowest BCUT2D eigenvalue weighted by Gasteiger charge is -2.21. The van der Waals surface area contributed by atoms with Crippen LogP contribution >= 0.6 is 0 Å². The Balaban J connectivity index is 1.97. The van der Waals surface area contributed by atoms with Crippen molar-refractivity contribution >= 4 is 10.0 Å². The van der Waals surface area contributed by atoms with Crippen LogP contribution in [0.25, 0.3) is 0 Å². The quantitative estimate of drug-likeness (QED) is 0.657. The van der Waals surface area contributed by atoms with Gasteiger partial charge in [-0.25, -0.2) is 8.42 Å². The predicted octanol–water partition coefficient (Wildman–Crippen LogP) is 4.46. The van der Waals surface area contributed by atoms with Gasteiger partial charge in [-0.3, -0.25) is 0 Å². The molecule has 140 valence electrons. The molecule has 5 heteroatoms. The van der Waals surface area contributed by atoms with Crippen LogP contribution in [0.15, 0.2) is 83.8 Å². The minimum absolute atomic E-state index is 0.209. The fourth-order valence-electron chi connectivity index (χ4n) is 2.97. The Labute approximate surface area is 160 Å². The number of ether oxygens (including phenoxy) is 1. The number of sulfonamides is 1. The highest BCUT2D eigenvalue weighted by atomic mass is 32.2. The van der Waals surface area contributed by atoms with E-state index in [1.54, 1.807) is 24.3 Å². The van der Waals surface area contributed by atoms with E-state index in [0.717, 1.165) is 16.7 Å². The first-order chi connectivity index (χ1) is 13.0. The Bertz CT molecular complexity index is 984. The third kappa shape index (κ3) is 4.56. The molecule has 1 atom stereocenters. The van der Waals surface area contributed by atoms with Crippen molar-refractivity contribution in [3.05, 3.63) is 95.6 Å². The van der Waals surface area contributed by atoms with Crippen molar-refractivity contribution in [2.45, 2.75) is 24.8 Å². The Morgan fingerprint density at radius 1 is 0.889 bits per heavy atom. The van der Waals surface area contributed by atoms with Gasteiger partial charge in [0.05, 0.1) is 17.5 Å². The second-order valence-corrected chi connectivity index (χ2v) is 7.94. The smallest absolute Gasteiger partial charge is 0.241 e. The average molecular weight is 381 g/mol. The van der Waals surface area contributed by atoms with Gasteiger partial charge in [0.1, 0.15) is 5.75 Å². The maximum absolute atomic E-state index is 13.0. The van der Waals surface area contributed by atoms with E-state index in [1.165, 1.54) is 0 Å². The number of hydrogen-bond donors (Lipinski definition) is 1. The molecule has 3 aromatic carbocycles. The summed E-state index contributed by atoms with van der Waals surface area (Å²) in [6, 6.07) is 23.4. The monoisotopic (exact) mass is 381 g/mol. The van der Waals surface area contributed by atoms with Crippen molar-refractivity contribution in [1.29, 1.82) is 0 Å². The molecule has 27 heavy (non-hydrogen) atoms. The molecular formula is C22H23NO3S. The Kier molecular flexibility index (Phi) is 5.94. The topological polar surface area (TPSA) is 55.4 Å². The van der Waals surface area contributed by atoms with Gasteiger partial charge in [-0.2, -0.15) is 4.72 Å². The van der Waals surface area contributed by atoms with Crippen LogP contribution in [0.2, 0.25) is 0 Å². The third-order valence-corrected chi connectivity index (χ3v) is 5.79. The van der Waals surface area contributed by atoms with Gasteiger partial charge in [-0.05, 0) is 54.8 Å². The minimum atomic E-state index is -3.71. The fraction of sp³-hybridized carbons (Fsp3) is 0.182. The Morgan fingerprint density at radius 2 is 1.52 bits per heavy atom. The molecule has 0 bridgehead atoms. The molecule has 0 aromatic heterocycles. The molecule has 0 saturated carbocycles. The summed E-state index contributed by atoms with van der Waals surface area (Å²) < 4.78 is 34.3. The van der Waals surface area contributed by atoms with E-state index in [0.29, 0.717) is 12.4 Å². The molecule has 1 N–H and O–H groups in total. The van der Waals surface area contributed by atoms with Gasteiger partial charge >= 0.3 is 0 Å². The van der Waals surface area contributed by atoms with Crippen molar-refractivity contribution < 1.29 is 13.2 Å². The van der Waals surface area contributed by atoms with Crippen LogP contribution in [-0.2, 0) is 10.0 Å². The third-order valence-electron chi connectivity index (χ3n) is 4.35. The van der Waals surface area contributed by atoms with Gasteiger partial charge in [0.15, 0.2) is 0 Å². The number of rotatable bonds is 7. The molecule has 0 aliphatic carbocycles. The highest BCUT2D eigenvalue weighted by Crippen LogP contribution is 2.27. The second kappa shape index (κ2) is 8.37. The lowest BCUT2D eigenvalue weighted by Crippen LogP contribution is -2.30. The van der Waals surface area contributed by atoms with E-state index in [1.807, 2.05) is 68.4 Å². The maximum Gasteiger partial charge on any atom is 0.241 e. The standard InChI is InChI=1S/C22H23NO3S/c1-3-26-19-13-15-20(16-14-19)27(24,25)23-22(18-10-5-4-6-11-18)21-12-8-7-9-17(21)2/h4-16,22-23H,3H2,1-2H3/t22-/m0/s1. The molecule has 0 spiro atoms. The van der Waals surface area contributed by atoms with Gasteiger partial charge in [0.2, 0.25) is 10.0 Å². The zero-order chi connectivity index (χ0) is 19.3. The van der Waals surface area contributed by atoms with Crippen LogP contribution < -0.4 is 9.46 Å². The maximum atomic E-state index is 13.0. The molecule has 0 aliphatic heterocycles. The second-order valence-electron chi connectivity index (χ2n) is 6.23. The van der Waals surface area contributed by atoms with E-state index in [9.17, 15) is 8.42 Å². The molecule has 0 radical (unpaired) electrons. The highest BCUT2D eigenvalue weighted by Gasteiger charge is 2.24. The molecular weight excluding hydrogens is 358 g/mol. The van der Waals surface area contributed by atoms with Gasteiger partial charge < -0.3 is 4.74 Å². The van der Waals surface area contributed by atoms with Gasteiger partial charge in [0.25, 0.3) is 0 Å². The Morgan fingerprint density at radius 3 is 2.15 bits per heavy atom. The van der Waals surface area contributed by atoms with Crippen LogP contribution in [0.4, 0.5) is 0 Å². The van der Waals surface area contributed by atoms with Crippen molar-refractivity contribution in [1.82, 2.24) is 4.72 Å². The van der Waals surface area contributed by atoms with Crippen LogP contribution in [0.1, 0.15) is 29.7 Å². The molecule has 0 heterocycles. The molecule has 0 amide bonds. The zero-order valence-corrected chi connectivity index (χ0v) is 16.2. The molecule has 4 nitrogen and oxygen atoms in total. The number of aryl methyl sites for hydroxylation is 1. The SMILES string of the molecule is CCOc1ccc(S(=O)(=O)N[C@@H](c2ccccc2)c2ccccc2C)cc1. The fourth-order valence-corrected chi connectivity index (χ4v) is 4.18. The van der Waals surface area contributed by atoms with E-state index in [-0.39, 0.29) is 4.90 Å². The predicted molar refractivity (Wildman–Crippen MR) is 107 cm³/mol. The summed E-state index contributed by atoms with van der Waals surface area (Å²) in [5.41, 5.74) is 2.85. The van der Waals surface area contributed by atoms with Crippen LogP contribution in [0, 0.1) is 6.92 Å². The summed E-state index contributed by atoms with van der Waals surface area (Å²) in [6.07, 6.45) is 0. The minimum Gasteiger partial charge on any atom is -0.494 e. The lowest BCUT2D eigenvalue weighted by atomic mass is 9.96. The molecule has 3 aromatic rings. The van der Waals surface area contributed by atoms with Gasteiger partial charge in [-0.15, -0.1) is 0 Å². The van der Waals surface area contributed by atoms with Crippen LogP contribution in [0.3, 0.4) is 0 Å². The van der Waals surface area contributed by atoms with Crippen molar-refractivity contribution in [3.8, 4) is 5.75 Å². The normalized spacial score (nSPS) is 12.5.